The lowest BCUT2D eigenvalue weighted by Gasteiger charge is -2.46. The third kappa shape index (κ3) is 2.37. The van der Waals surface area contributed by atoms with E-state index >= 15 is 0 Å². The van der Waals surface area contributed by atoms with Crippen molar-refractivity contribution in [3.63, 3.8) is 0 Å². The molecule has 5 heteroatoms. The van der Waals surface area contributed by atoms with E-state index in [1.54, 1.807) is 0 Å². The maximum Gasteiger partial charge on any atom is 0.148 e. The van der Waals surface area contributed by atoms with Crippen LogP contribution in [0.25, 0.3) is 0 Å². The van der Waals surface area contributed by atoms with Crippen LogP contribution in [-0.4, -0.2) is 52.5 Å². The number of rotatable bonds is 2. The van der Waals surface area contributed by atoms with E-state index in [1.165, 1.54) is 13.1 Å². The lowest BCUT2D eigenvalue weighted by molar-refractivity contribution is 0.00856. The fourth-order valence-electron chi connectivity index (χ4n) is 3.23. The first-order chi connectivity index (χ1) is 9.06. The Morgan fingerprint density at radius 1 is 1.16 bits per heavy atom. The van der Waals surface area contributed by atoms with Gasteiger partial charge in [0.25, 0.3) is 0 Å². The average Bonchev–Trinajstić information content (AvgIpc) is 2.38. The molecule has 0 radical (unpaired) electrons. The Kier molecular flexibility index (Phi) is 3.50. The molecule has 3 saturated heterocycles. The largest absolute Gasteiger partial charge is 0.299 e. The molecule has 1 unspecified atom stereocenters. The molecule has 3 aliphatic heterocycles. The van der Waals surface area contributed by atoms with Gasteiger partial charge in [0.1, 0.15) is 11.0 Å². The second-order valence-electron chi connectivity index (χ2n) is 5.88. The zero-order valence-electron chi connectivity index (χ0n) is 11.9. The number of aryl methyl sites for hydroxylation is 1. The van der Waals surface area contributed by atoms with E-state index in [1.807, 2.05) is 6.92 Å². The predicted molar refractivity (Wildman–Crippen MR) is 76.6 cm³/mol. The van der Waals surface area contributed by atoms with Crippen LogP contribution >= 0.6 is 11.6 Å². The number of halogens is 1. The zero-order chi connectivity index (χ0) is 13.6. The van der Waals surface area contributed by atoms with Crippen LogP contribution < -0.4 is 0 Å². The monoisotopic (exact) mass is 280 g/mol. The molecule has 1 atom stereocenters. The molecule has 4 heterocycles. The smallest absolute Gasteiger partial charge is 0.148 e. The summed E-state index contributed by atoms with van der Waals surface area (Å²) in [7, 11) is 0. The molecule has 0 N–H and O–H groups in total. The van der Waals surface area contributed by atoms with Gasteiger partial charge in [-0.25, -0.2) is 9.97 Å². The summed E-state index contributed by atoms with van der Waals surface area (Å²) < 4.78 is 0. The molecular weight excluding hydrogens is 260 g/mol. The summed E-state index contributed by atoms with van der Waals surface area (Å²) in [6, 6.07) is 0.319. The van der Waals surface area contributed by atoms with Crippen molar-refractivity contribution >= 4 is 11.6 Å². The Morgan fingerprint density at radius 2 is 1.84 bits per heavy atom. The molecule has 0 saturated carbocycles. The van der Waals surface area contributed by atoms with Gasteiger partial charge in [0.15, 0.2) is 0 Å². The summed E-state index contributed by atoms with van der Waals surface area (Å²) in [6.07, 6.45) is 0. The minimum absolute atomic E-state index is 0.319. The van der Waals surface area contributed by atoms with Crippen molar-refractivity contribution in [2.24, 2.45) is 0 Å². The SMILES string of the molecule is Cc1nc(C2CN3CCN2CC3)nc(Cl)c1C(C)C. The van der Waals surface area contributed by atoms with E-state index in [9.17, 15) is 0 Å². The van der Waals surface area contributed by atoms with Gasteiger partial charge in [-0.3, -0.25) is 9.80 Å². The Labute approximate surface area is 119 Å². The van der Waals surface area contributed by atoms with Gasteiger partial charge in [0.2, 0.25) is 0 Å². The highest BCUT2D eigenvalue weighted by Crippen LogP contribution is 2.30. The van der Waals surface area contributed by atoms with Crippen molar-refractivity contribution in [3.8, 4) is 0 Å². The molecule has 104 valence electrons. The van der Waals surface area contributed by atoms with Gasteiger partial charge in [-0.2, -0.15) is 0 Å². The van der Waals surface area contributed by atoms with E-state index in [0.717, 1.165) is 36.7 Å². The first-order valence-corrected chi connectivity index (χ1v) is 7.44. The van der Waals surface area contributed by atoms with Crippen LogP contribution in [0.2, 0.25) is 5.15 Å². The van der Waals surface area contributed by atoms with Crippen molar-refractivity contribution in [1.82, 2.24) is 19.8 Å². The number of hydrogen-bond acceptors (Lipinski definition) is 4. The summed E-state index contributed by atoms with van der Waals surface area (Å²) in [4.78, 5) is 14.3. The van der Waals surface area contributed by atoms with Crippen molar-refractivity contribution in [2.45, 2.75) is 32.7 Å². The van der Waals surface area contributed by atoms with Gasteiger partial charge < -0.3 is 0 Å². The van der Waals surface area contributed by atoms with E-state index in [0.29, 0.717) is 17.1 Å². The Bertz CT molecular complexity index is 457. The molecule has 1 aromatic heterocycles. The molecule has 19 heavy (non-hydrogen) atoms. The quantitative estimate of drug-likeness (QED) is 0.778. The second kappa shape index (κ2) is 5.00. The average molecular weight is 281 g/mol. The Hall–Kier alpha value is -0.710. The van der Waals surface area contributed by atoms with E-state index in [-0.39, 0.29) is 0 Å². The van der Waals surface area contributed by atoms with Crippen molar-refractivity contribution in [1.29, 1.82) is 0 Å². The molecule has 3 aliphatic rings. The number of piperazine rings is 3. The van der Waals surface area contributed by atoms with Crippen LogP contribution in [0.1, 0.15) is 42.9 Å². The van der Waals surface area contributed by atoms with Crippen LogP contribution in [0, 0.1) is 6.92 Å². The van der Waals surface area contributed by atoms with E-state index in [2.05, 4.69) is 28.6 Å². The van der Waals surface area contributed by atoms with Crippen LogP contribution in [0.5, 0.6) is 0 Å². The first-order valence-electron chi connectivity index (χ1n) is 7.06. The molecule has 1 aromatic rings. The maximum absolute atomic E-state index is 6.37. The molecule has 2 bridgehead atoms. The summed E-state index contributed by atoms with van der Waals surface area (Å²) >= 11 is 6.37. The second-order valence-corrected chi connectivity index (χ2v) is 6.24. The predicted octanol–water partition coefficient (Wildman–Crippen LogP) is 2.23. The molecule has 0 aromatic carbocycles. The Balaban J connectivity index is 1.94. The molecule has 0 aliphatic carbocycles. The van der Waals surface area contributed by atoms with Gasteiger partial charge in [-0.1, -0.05) is 25.4 Å². The van der Waals surface area contributed by atoms with Crippen molar-refractivity contribution in [3.05, 3.63) is 22.2 Å². The molecule has 4 nitrogen and oxygen atoms in total. The fraction of sp³-hybridized carbons (Fsp3) is 0.714. The lowest BCUT2D eigenvalue weighted by Crippen LogP contribution is -2.57. The highest BCUT2D eigenvalue weighted by atomic mass is 35.5. The van der Waals surface area contributed by atoms with Gasteiger partial charge in [-0.05, 0) is 12.8 Å². The minimum atomic E-state index is 0.319. The highest BCUT2D eigenvalue weighted by molar-refractivity contribution is 6.30. The maximum atomic E-state index is 6.37. The lowest BCUT2D eigenvalue weighted by atomic mass is 10.0. The molecule has 4 rings (SSSR count). The summed E-state index contributed by atoms with van der Waals surface area (Å²) in [5.74, 6) is 1.27. The normalized spacial score (nSPS) is 30.1. The third-order valence-corrected chi connectivity index (χ3v) is 4.55. The molecule has 3 fully saturated rings. The molecule has 0 amide bonds. The summed E-state index contributed by atoms with van der Waals surface area (Å²) in [5.41, 5.74) is 2.12. The fourth-order valence-corrected chi connectivity index (χ4v) is 3.68. The van der Waals surface area contributed by atoms with Crippen LogP contribution in [-0.2, 0) is 0 Å². The summed E-state index contributed by atoms with van der Waals surface area (Å²) in [6.45, 7) is 11.9. The number of hydrogen-bond donors (Lipinski definition) is 0. The number of nitrogens with zero attached hydrogens (tertiary/aromatic N) is 4. The zero-order valence-corrected chi connectivity index (χ0v) is 12.6. The van der Waals surface area contributed by atoms with E-state index in [4.69, 9.17) is 16.6 Å². The summed E-state index contributed by atoms with van der Waals surface area (Å²) in [5, 5.41) is 0.634. The Morgan fingerprint density at radius 3 is 2.32 bits per heavy atom. The van der Waals surface area contributed by atoms with Gasteiger partial charge in [0, 0.05) is 44.0 Å². The number of aromatic nitrogens is 2. The first kappa shape index (κ1) is 13.3. The highest BCUT2D eigenvalue weighted by Gasteiger charge is 2.35. The number of fused-ring (bicyclic) bond motifs is 3. The van der Waals surface area contributed by atoms with Gasteiger partial charge >= 0.3 is 0 Å². The topological polar surface area (TPSA) is 32.3 Å². The van der Waals surface area contributed by atoms with Gasteiger partial charge in [0.05, 0.1) is 6.04 Å². The van der Waals surface area contributed by atoms with Crippen molar-refractivity contribution in [2.75, 3.05) is 32.7 Å². The van der Waals surface area contributed by atoms with Crippen LogP contribution in [0.3, 0.4) is 0 Å². The third-order valence-electron chi connectivity index (χ3n) is 4.26. The van der Waals surface area contributed by atoms with Gasteiger partial charge in [-0.15, -0.1) is 0 Å². The van der Waals surface area contributed by atoms with E-state index < -0.39 is 0 Å². The van der Waals surface area contributed by atoms with Crippen molar-refractivity contribution < 1.29 is 0 Å². The minimum Gasteiger partial charge on any atom is -0.299 e. The van der Waals surface area contributed by atoms with Crippen LogP contribution in [0.15, 0.2) is 0 Å². The standard InChI is InChI=1S/C14H21ClN4/c1-9(2)12-10(3)16-14(17-13(12)15)11-8-18-4-6-19(11)7-5-18/h9,11H,4-8H2,1-3H3. The molecule has 0 spiro atoms. The molecular formula is C14H21ClN4. The van der Waals surface area contributed by atoms with Crippen LogP contribution in [0.4, 0.5) is 0 Å².